The van der Waals surface area contributed by atoms with E-state index in [1.807, 2.05) is 12.1 Å². The van der Waals surface area contributed by atoms with E-state index in [2.05, 4.69) is 45.6 Å². The molecule has 2 aromatic rings. The molecule has 5 rings (SSSR count). The summed E-state index contributed by atoms with van der Waals surface area (Å²) < 4.78 is 11.2. The third-order valence-corrected chi connectivity index (χ3v) is 8.20. The zero-order valence-corrected chi connectivity index (χ0v) is 23.1. The van der Waals surface area contributed by atoms with Crippen molar-refractivity contribution in [2.24, 2.45) is 5.92 Å². The minimum atomic E-state index is -0.0967. The van der Waals surface area contributed by atoms with Crippen LogP contribution in [0.25, 0.3) is 0 Å². The van der Waals surface area contributed by atoms with Gasteiger partial charge < -0.3 is 29.9 Å². The number of hydrogen-bond donors (Lipinski definition) is 2. The first kappa shape index (κ1) is 26.4. The van der Waals surface area contributed by atoms with Crippen LogP contribution in [-0.2, 0) is 14.9 Å². The monoisotopic (exact) mass is 544 g/mol. The first-order valence-electron chi connectivity index (χ1n) is 13.4. The number of thiocarbonyl (C=S) groups is 1. The maximum atomic E-state index is 6.34. The molecule has 3 fully saturated rings. The number of piperidine rings is 1. The fourth-order valence-corrected chi connectivity index (χ4v) is 5.89. The Balaban J connectivity index is 1.32. The van der Waals surface area contributed by atoms with Crippen LogP contribution in [0.2, 0.25) is 5.02 Å². The molecular weight excluding hydrogens is 508 g/mol. The molecule has 0 bridgehead atoms. The Morgan fingerprint density at radius 2 is 1.78 bits per heavy atom. The van der Waals surface area contributed by atoms with Crippen molar-refractivity contribution in [1.29, 1.82) is 0 Å². The van der Waals surface area contributed by atoms with Crippen molar-refractivity contribution in [2.75, 3.05) is 74.3 Å². The summed E-state index contributed by atoms with van der Waals surface area (Å²) in [6.45, 7) is 9.49. The van der Waals surface area contributed by atoms with Crippen molar-refractivity contribution in [2.45, 2.75) is 38.0 Å². The van der Waals surface area contributed by atoms with Gasteiger partial charge >= 0.3 is 0 Å². The average molecular weight is 545 g/mol. The van der Waals surface area contributed by atoms with Gasteiger partial charge in [-0.15, -0.1) is 0 Å². The summed E-state index contributed by atoms with van der Waals surface area (Å²) in [6.07, 6.45) is 4.25. The SMILES string of the molecule is C[C@@H]1CCCN(c2cc(N3CCOCC3)nc(NC(=S)NCC3(c4cccc(Cl)c4)CCOCC3)n2)C1. The van der Waals surface area contributed by atoms with Crippen LogP contribution in [0.3, 0.4) is 0 Å². The van der Waals surface area contributed by atoms with Crippen LogP contribution in [-0.4, -0.2) is 74.2 Å². The molecule has 4 heterocycles. The predicted molar refractivity (Wildman–Crippen MR) is 153 cm³/mol. The van der Waals surface area contributed by atoms with E-state index in [9.17, 15) is 0 Å². The van der Waals surface area contributed by atoms with Crippen molar-refractivity contribution in [3.05, 3.63) is 40.9 Å². The van der Waals surface area contributed by atoms with Crippen molar-refractivity contribution in [3.63, 3.8) is 0 Å². The van der Waals surface area contributed by atoms with Gasteiger partial charge in [0.25, 0.3) is 0 Å². The Morgan fingerprint density at radius 1 is 1.05 bits per heavy atom. The number of halogens is 1. The Morgan fingerprint density at radius 3 is 2.51 bits per heavy atom. The molecule has 8 nitrogen and oxygen atoms in total. The highest BCUT2D eigenvalue weighted by atomic mass is 35.5. The molecule has 0 unspecified atom stereocenters. The molecular formula is C27H37ClN6O2S. The van der Waals surface area contributed by atoms with E-state index in [0.717, 1.165) is 68.9 Å². The number of nitrogens with zero attached hydrogens (tertiary/aromatic N) is 4. The van der Waals surface area contributed by atoms with Crippen LogP contribution >= 0.6 is 23.8 Å². The quantitative estimate of drug-likeness (QED) is 0.519. The van der Waals surface area contributed by atoms with E-state index in [4.69, 9.17) is 43.3 Å². The Bertz CT molecular complexity index is 1080. The molecule has 200 valence electrons. The number of anilines is 3. The summed E-state index contributed by atoms with van der Waals surface area (Å²) in [5.41, 5.74) is 1.12. The predicted octanol–water partition coefficient (Wildman–Crippen LogP) is 4.24. The molecule has 3 aliphatic heterocycles. The van der Waals surface area contributed by atoms with Gasteiger partial charge in [-0.3, -0.25) is 0 Å². The lowest BCUT2D eigenvalue weighted by atomic mass is 9.74. The smallest absolute Gasteiger partial charge is 0.232 e. The molecule has 3 saturated heterocycles. The number of rotatable bonds is 6. The van der Waals surface area contributed by atoms with E-state index < -0.39 is 0 Å². The lowest BCUT2D eigenvalue weighted by Gasteiger charge is -2.38. The molecule has 1 atom stereocenters. The highest BCUT2D eigenvalue weighted by Gasteiger charge is 2.35. The van der Waals surface area contributed by atoms with Crippen molar-refractivity contribution >= 4 is 46.5 Å². The molecule has 37 heavy (non-hydrogen) atoms. The fraction of sp³-hybridized carbons (Fsp3) is 0.593. The van der Waals surface area contributed by atoms with Gasteiger partial charge in [0.2, 0.25) is 5.95 Å². The van der Waals surface area contributed by atoms with Gasteiger partial charge in [0.15, 0.2) is 5.11 Å². The van der Waals surface area contributed by atoms with E-state index in [0.29, 0.717) is 36.7 Å². The maximum absolute atomic E-state index is 6.34. The lowest BCUT2D eigenvalue weighted by Crippen LogP contribution is -2.45. The zero-order valence-electron chi connectivity index (χ0n) is 21.5. The minimum absolute atomic E-state index is 0.0967. The minimum Gasteiger partial charge on any atom is -0.381 e. The summed E-state index contributed by atoms with van der Waals surface area (Å²) in [5.74, 6) is 3.04. The lowest BCUT2D eigenvalue weighted by molar-refractivity contribution is 0.0515. The normalized spacial score (nSPS) is 21.9. The van der Waals surface area contributed by atoms with Crippen molar-refractivity contribution in [3.8, 4) is 0 Å². The first-order chi connectivity index (χ1) is 18.0. The van der Waals surface area contributed by atoms with Gasteiger partial charge in [0, 0.05) is 62.4 Å². The molecule has 3 aliphatic rings. The first-order valence-corrected chi connectivity index (χ1v) is 14.1. The topological polar surface area (TPSA) is 74.8 Å². The Hall–Kier alpha value is -2.20. The second-order valence-corrected chi connectivity index (χ2v) is 11.3. The van der Waals surface area contributed by atoms with Crippen molar-refractivity contribution < 1.29 is 9.47 Å². The van der Waals surface area contributed by atoms with Crippen LogP contribution < -0.4 is 20.4 Å². The number of hydrogen-bond acceptors (Lipinski definition) is 7. The van der Waals surface area contributed by atoms with Crippen LogP contribution in [0.5, 0.6) is 0 Å². The average Bonchev–Trinajstić information content (AvgIpc) is 2.93. The van der Waals surface area contributed by atoms with E-state index in [1.165, 1.54) is 18.4 Å². The van der Waals surface area contributed by atoms with Gasteiger partial charge in [-0.2, -0.15) is 9.97 Å². The third-order valence-electron chi connectivity index (χ3n) is 7.71. The number of ether oxygens (including phenoxy) is 2. The summed E-state index contributed by atoms with van der Waals surface area (Å²) in [4.78, 5) is 14.4. The van der Waals surface area contributed by atoms with Gasteiger partial charge in [-0.25, -0.2) is 0 Å². The van der Waals surface area contributed by atoms with E-state index in [-0.39, 0.29) is 5.41 Å². The maximum Gasteiger partial charge on any atom is 0.232 e. The van der Waals surface area contributed by atoms with Crippen LogP contribution in [0.1, 0.15) is 38.2 Å². The molecule has 2 N–H and O–H groups in total. The highest BCUT2D eigenvalue weighted by Crippen LogP contribution is 2.35. The van der Waals surface area contributed by atoms with Crippen LogP contribution in [0.4, 0.5) is 17.6 Å². The summed E-state index contributed by atoms with van der Waals surface area (Å²) in [5, 5.41) is 8.01. The van der Waals surface area contributed by atoms with Gasteiger partial charge in [0.05, 0.1) is 13.2 Å². The number of morpholine rings is 1. The van der Waals surface area contributed by atoms with E-state index >= 15 is 0 Å². The molecule has 1 aromatic heterocycles. The number of nitrogens with one attached hydrogen (secondary N) is 2. The summed E-state index contributed by atoms with van der Waals surface area (Å²) >= 11 is 12.1. The Labute approximate surface area is 230 Å². The second kappa shape index (κ2) is 12.1. The fourth-order valence-electron chi connectivity index (χ4n) is 5.54. The molecule has 0 spiro atoms. The standard InChI is InChI=1S/C27H37ClN6O2S/c1-20-4-3-9-34(18-20)24-17-23(33-10-14-36-15-11-33)30-25(31-24)32-26(37)29-19-27(7-12-35-13-8-27)21-5-2-6-22(28)16-21/h2,5-6,16-17,20H,3-4,7-15,18-19H2,1H3,(H2,29,30,31,32,37)/t20-/m1/s1. The number of aromatic nitrogens is 2. The third kappa shape index (κ3) is 6.63. The molecule has 1 aromatic carbocycles. The molecule has 0 saturated carbocycles. The molecule has 10 heteroatoms. The second-order valence-electron chi connectivity index (χ2n) is 10.4. The number of benzene rings is 1. The van der Waals surface area contributed by atoms with Gasteiger partial charge in [-0.1, -0.05) is 30.7 Å². The Kier molecular flexibility index (Phi) is 8.64. The van der Waals surface area contributed by atoms with Crippen LogP contribution in [0.15, 0.2) is 30.3 Å². The highest BCUT2D eigenvalue weighted by molar-refractivity contribution is 7.80. The van der Waals surface area contributed by atoms with Gasteiger partial charge in [0.1, 0.15) is 11.6 Å². The molecule has 0 aliphatic carbocycles. The van der Waals surface area contributed by atoms with Crippen molar-refractivity contribution in [1.82, 2.24) is 15.3 Å². The largest absolute Gasteiger partial charge is 0.381 e. The zero-order chi connectivity index (χ0) is 25.7. The molecule has 0 amide bonds. The summed E-state index contributed by atoms with van der Waals surface area (Å²) in [7, 11) is 0. The summed E-state index contributed by atoms with van der Waals surface area (Å²) in [6, 6.07) is 10.2. The molecule has 0 radical (unpaired) electrons. The van der Waals surface area contributed by atoms with E-state index in [1.54, 1.807) is 0 Å². The van der Waals surface area contributed by atoms with Crippen LogP contribution in [0, 0.1) is 5.92 Å². The van der Waals surface area contributed by atoms with Gasteiger partial charge in [-0.05, 0) is 61.5 Å².